The molecule has 0 bridgehead atoms. The van der Waals surface area contributed by atoms with Gasteiger partial charge in [-0.05, 0) is 118 Å². The number of anilines is 1. The van der Waals surface area contributed by atoms with Crippen LogP contribution in [0.15, 0.2) is 254 Å². The van der Waals surface area contributed by atoms with E-state index >= 15 is 0 Å². The van der Waals surface area contributed by atoms with E-state index in [2.05, 4.69) is 188 Å². The number of rotatable bonds is 11. The summed E-state index contributed by atoms with van der Waals surface area (Å²) in [4.78, 5) is 0. The highest BCUT2D eigenvalue weighted by Gasteiger charge is 2.20. The number of para-hydroxylation sites is 2. The topological polar surface area (TPSA) is 40.8 Å². The third-order valence-corrected chi connectivity index (χ3v) is 11.3. The molecule has 0 unspecified atom stereocenters. The number of fused-ring (bicyclic) bond motifs is 3. The lowest BCUT2D eigenvalue weighted by atomic mass is 9.89. The predicted octanol–water partition coefficient (Wildman–Crippen LogP) is 15.4. The Morgan fingerprint density at radius 2 is 1.20 bits per heavy atom. The van der Waals surface area contributed by atoms with Crippen LogP contribution in [-0.4, -0.2) is 10.3 Å². The van der Waals surface area contributed by atoms with Gasteiger partial charge in [-0.3, -0.25) is 5.41 Å². The summed E-state index contributed by atoms with van der Waals surface area (Å²) in [5.41, 5.74) is 17.1. The van der Waals surface area contributed by atoms with E-state index < -0.39 is 0 Å². The Bertz CT molecular complexity index is 3080. The fourth-order valence-electron chi connectivity index (χ4n) is 8.28. The minimum atomic E-state index is 0.400. The summed E-state index contributed by atoms with van der Waals surface area (Å²) >= 11 is 0. The van der Waals surface area contributed by atoms with Crippen molar-refractivity contribution >= 4 is 38.8 Å². The van der Waals surface area contributed by atoms with E-state index in [9.17, 15) is 0 Å². The standard InChI is InChI=1S/C58H45N3/c1-4-18-44-31-33-54(60-50-25-13-8-14-26-50)57(58(44)59)40(3)29-30-41(5-2)45-23-17-24-46(35-45)47-32-34-56-53(39-47)52-27-15-16-28-55(52)61(56)51-37-48(42-19-9-6-10-20-42)36-49(38-51)43-21-11-7-12-22-43/h4-39,59-60H,1,3H2,2H3/b30-29-,41-5+,44-18-,59-58?. The van der Waals surface area contributed by atoms with Gasteiger partial charge in [-0.2, -0.15) is 0 Å². The Morgan fingerprint density at radius 1 is 0.574 bits per heavy atom. The van der Waals surface area contributed by atoms with Crippen molar-refractivity contribution in [1.82, 2.24) is 4.57 Å². The first-order valence-corrected chi connectivity index (χ1v) is 20.6. The molecule has 2 N–H and O–H groups in total. The third-order valence-electron chi connectivity index (χ3n) is 11.3. The zero-order chi connectivity index (χ0) is 41.7. The minimum Gasteiger partial charge on any atom is -0.355 e. The molecule has 0 saturated carbocycles. The molecule has 3 nitrogen and oxygen atoms in total. The van der Waals surface area contributed by atoms with E-state index in [0.717, 1.165) is 61.6 Å². The molecule has 292 valence electrons. The molecule has 0 fully saturated rings. The molecule has 0 saturated heterocycles. The largest absolute Gasteiger partial charge is 0.355 e. The van der Waals surface area contributed by atoms with Crippen LogP contribution in [0, 0.1) is 5.41 Å². The fourth-order valence-corrected chi connectivity index (χ4v) is 8.28. The maximum Gasteiger partial charge on any atom is 0.0711 e. The van der Waals surface area contributed by atoms with E-state index in [1.54, 1.807) is 6.08 Å². The van der Waals surface area contributed by atoms with Gasteiger partial charge in [0, 0.05) is 39.0 Å². The molecule has 1 aliphatic carbocycles. The summed E-state index contributed by atoms with van der Waals surface area (Å²) in [5.74, 6) is 0. The second-order valence-corrected chi connectivity index (χ2v) is 15.1. The van der Waals surface area contributed by atoms with Crippen LogP contribution in [0.25, 0.3) is 66.4 Å². The SMILES string of the molecule is C=C/C=C1/C=CC(Nc2ccccc2)=C(C(=C)/C=C\C(=C/C)c2cccc(-c3ccc4c(c3)c3ccccc3n4-c3cc(-c4ccccc4)cc(-c4ccccc4)c3)c2)C1=N. The summed E-state index contributed by atoms with van der Waals surface area (Å²) in [6.07, 6.45) is 13.8. The van der Waals surface area contributed by atoms with Gasteiger partial charge in [-0.1, -0.05) is 171 Å². The first kappa shape index (κ1) is 38.5. The smallest absolute Gasteiger partial charge is 0.0711 e. The maximum absolute atomic E-state index is 9.12. The van der Waals surface area contributed by atoms with E-state index in [-0.39, 0.29) is 0 Å². The Labute approximate surface area is 358 Å². The van der Waals surface area contributed by atoms with E-state index in [1.807, 2.05) is 54.6 Å². The van der Waals surface area contributed by atoms with Gasteiger partial charge < -0.3 is 9.88 Å². The Morgan fingerprint density at radius 3 is 1.89 bits per heavy atom. The summed E-state index contributed by atoms with van der Waals surface area (Å²) < 4.78 is 2.41. The quantitative estimate of drug-likeness (QED) is 0.126. The zero-order valence-corrected chi connectivity index (χ0v) is 34.1. The number of hydrogen-bond acceptors (Lipinski definition) is 2. The molecule has 1 heterocycles. The van der Waals surface area contributed by atoms with Gasteiger partial charge in [0.2, 0.25) is 0 Å². The second-order valence-electron chi connectivity index (χ2n) is 15.1. The van der Waals surface area contributed by atoms with Gasteiger partial charge in [0.15, 0.2) is 0 Å². The van der Waals surface area contributed by atoms with Crippen molar-refractivity contribution in [3.8, 4) is 39.1 Å². The zero-order valence-electron chi connectivity index (χ0n) is 34.1. The molecule has 0 spiro atoms. The molecule has 1 aromatic heterocycles. The van der Waals surface area contributed by atoms with E-state index in [4.69, 9.17) is 5.41 Å². The predicted molar refractivity (Wildman–Crippen MR) is 261 cm³/mol. The average molecular weight is 784 g/mol. The molecule has 9 rings (SSSR count). The first-order valence-electron chi connectivity index (χ1n) is 20.6. The Balaban J connectivity index is 1.07. The monoisotopic (exact) mass is 783 g/mol. The van der Waals surface area contributed by atoms with Gasteiger partial charge in [0.1, 0.15) is 0 Å². The Kier molecular flexibility index (Phi) is 10.8. The van der Waals surface area contributed by atoms with E-state index in [0.29, 0.717) is 5.71 Å². The van der Waals surface area contributed by atoms with Crippen molar-refractivity contribution in [2.24, 2.45) is 0 Å². The summed E-state index contributed by atoms with van der Waals surface area (Å²) in [5, 5.41) is 15.0. The minimum absolute atomic E-state index is 0.400. The van der Waals surface area contributed by atoms with Crippen LogP contribution in [-0.2, 0) is 0 Å². The molecule has 0 aliphatic heterocycles. The highest BCUT2D eigenvalue weighted by Crippen LogP contribution is 2.38. The molecule has 0 atom stereocenters. The van der Waals surface area contributed by atoms with Crippen molar-refractivity contribution in [2.45, 2.75) is 6.92 Å². The van der Waals surface area contributed by atoms with Crippen LogP contribution in [0.4, 0.5) is 5.69 Å². The number of allylic oxidation sites excluding steroid dienone is 11. The van der Waals surface area contributed by atoms with Crippen LogP contribution < -0.4 is 5.32 Å². The summed E-state index contributed by atoms with van der Waals surface area (Å²) in [6, 6.07) is 62.5. The number of benzene rings is 7. The van der Waals surface area contributed by atoms with Crippen molar-refractivity contribution in [3.63, 3.8) is 0 Å². The number of nitrogens with one attached hydrogen (secondary N) is 2. The third kappa shape index (κ3) is 7.81. The molecule has 0 radical (unpaired) electrons. The van der Waals surface area contributed by atoms with Gasteiger partial charge >= 0.3 is 0 Å². The van der Waals surface area contributed by atoms with Crippen LogP contribution in [0.5, 0.6) is 0 Å². The van der Waals surface area contributed by atoms with Gasteiger partial charge in [-0.25, -0.2) is 0 Å². The molecule has 3 heteroatoms. The lowest BCUT2D eigenvalue weighted by Gasteiger charge is -2.21. The van der Waals surface area contributed by atoms with Gasteiger partial charge in [-0.15, -0.1) is 0 Å². The number of hydrogen-bond donors (Lipinski definition) is 2. The lowest BCUT2D eigenvalue weighted by Crippen LogP contribution is -2.15. The number of aromatic nitrogens is 1. The Hall–Kier alpha value is -8.01. The molecule has 61 heavy (non-hydrogen) atoms. The maximum atomic E-state index is 9.12. The van der Waals surface area contributed by atoms with Crippen LogP contribution in [0.1, 0.15) is 12.5 Å². The lowest BCUT2D eigenvalue weighted by molar-refractivity contribution is 1.18. The molecule has 1 aliphatic rings. The van der Waals surface area contributed by atoms with Crippen molar-refractivity contribution < 1.29 is 0 Å². The van der Waals surface area contributed by atoms with Crippen LogP contribution >= 0.6 is 0 Å². The normalized spacial score (nSPS) is 13.8. The highest BCUT2D eigenvalue weighted by atomic mass is 15.0. The van der Waals surface area contributed by atoms with E-state index in [1.165, 1.54) is 38.5 Å². The second kappa shape index (κ2) is 17.1. The molecule has 0 amide bonds. The van der Waals surface area contributed by atoms with Gasteiger partial charge in [0.25, 0.3) is 0 Å². The molecular weight excluding hydrogens is 739 g/mol. The highest BCUT2D eigenvalue weighted by molar-refractivity contribution is 6.17. The first-order chi connectivity index (χ1) is 30.0. The average Bonchev–Trinajstić information content (AvgIpc) is 3.65. The molecular formula is C58H45N3. The molecule has 7 aromatic carbocycles. The number of nitrogens with zero attached hydrogens (tertiary/aromatic N) is 1. The summed E-state index contributed by atoms with van der Waals surface area (Å²) in [6.45, 7) is 10.4. The fraction of sp³-hybridized carbons (Fsp3) is 0.0172. The van der Waals surface area contributed by atoms with Crippen molar-refractivity contribution in [2.75, 3.05) is 5.32 Å². The van der Waals surface area contributed by atoms with Crippen LogP contribution in [0.3, 0.4) is 0 Å². The van der Waals surface area contributed by atoms with Gasteiger partial charge in [0.05, 0.1) is 16.7 Å². The summed E-state index contributed by atoms with van der Waals surface area (Å²) in [7, 11) is 0. The van der Waals surface area contributed by atoms with Crippen molar-refractivity contribution in [3.05, 3.63) is 260 Å². The van der Waals surface area contributed by atoms with Crippen LogP contribution in [0.2, 0.25) is 0 Å². The van der Waals surface area contributed by atoms with Crippen molar-refractivity contribution in [1.29, 1.82) is 5.41 Å². The molecule has 8 aromatic rings.